The normalized spacial score (nSPS) is 14.4. The number of nitrogens with one attached hydrogen (secondary N) is 2. The Balaban J connectivity index is 2.32. The summed E-state index contributed by atoms with van der Waals surface area (Å²) in [5, 5.41) is 17.4. The number of hydrogen-bond acceptors (Lipinski definition) is 5. The molecule has 0 saturated carbocycles. The topological polar surface area (TPSA) is 84.9 Å². The third kappa shape index (κ3) is 10.5. The first-order valence-electron chi connectivity index (χ1n) is 14.6. The van der Waals surface area contributed by atoms with Crippen molar-refractivity contribution in [2.75, 3.05) is 33.7 Å². The number of benzene rings is 2. The van der Waals surface area contributed by atoms with E-state index in [9.17, 15) is 23.5 Å². The van der Waals surface area contributed by atoms with Crippen molar-refractivity contribution in [3.63, 3.8) is 0 Å². The Labute approximate surface area is 244 Å². The molecule has 7 nitrogen and oxygen atoms in total. The third-order valence-electron chi connectivity index (χ3n) is 7.33. The second-order valence-corrected chi connectivity index (χ2v) is 11.1. The fourth-order valence-corrected chi connectivity index (χ4v) is 5.34. The molecule has 228 valence electrons. The summed E-state index contributed by atoms with van der Waals surface area (Å²) in [7, 11) is 3.99. The zero-order valence-electron chi connectivity index (χ0n) is 25.6. The number of aliphatic hydroxyl groups is 1. The molecule has 0 spiro atoms. The molecule has 2 amide bonds. The van der Waals surface area contributed by atoms with Crippen molar-refractivity contribution in [2.24, 2.45) is 0 Å². The van der Waals surface area contributed by atoms with E-state index in [0.29, 0.717) is 24.2 Å². The highest BCUT2D eigenvalue weighted by molar-refractivity contribution is 6.00. The number of rotatable bonds is 16. The molecule has 4 atom stereocenters. The lowest BCUT2D eigenvalue weighted by atomic mass is 9.98. The van der Waals surface area contributed by atoms with Crippen LogP contribution in [-0.2, 0) is 6.42 Å². The van der Waals surface area contributed by atoms with E-state index in [4.69, 9.17) is 0 Å². The van der Waals surface area contributed by atoms with Crippen LogP contribution in [0, 0.1) is 18.6 Å². The fourth-order valence-electron chi connectivity index (χ4n) is 5.34. The van der Waals surface area contributed by atoms with Gasteiger partial charge in [0, 0.05) is 48.9 Å². The van der Waals surface area contributed by atoms with Crippen molar-refractivity contribution in [3.8, 4) is 0 Å². The first kappa shape index (κ1) is 34.3. The van der Waals surface area contributed by atoms with Crippen molar-refractivity contribution in [1.29, 1.82) is 0 Å². The lowest BCUT2D eigenvalue weighted by molar-refractivity contribution is 0.0755. The summed E-state index contributed by atoms with van der Waals surface area (Å²) in [6, 6.07) is 7.63. The van der Waals surface area contributed by atoms with E-state index in [1.165, 1.54) is 12.1 Å². The number of amides is 2. The maximum Gasteiger partial charge on any atom is 0.253 e. The smallest absolute Gasteiger partial charge is 0.253 e. The number of nitrogens with zero attached hydrogens (tertiary/aromatic N) is 2. The van der Waals surface area contributed by atoms with Gasteiger partial charge in [0.25, 0.3) is 11.8 Å². The van der Waals surface area contributed by atoms with E-state index in [1.54, 1.807) is 23.1 Å². The number of aryl methyl sites for hydroxylation is 1. The summed E-state index contributed by atoms with van der Waals surface area (Å²) < 4.78 is 27.9. The molecular formula is C32H48F2N4O3. The predicted molar refractivity (Wildman–Crippen MR) is 160 cm³/mol. The monoisotopic (exact) mass is 574 g/mol. The maximum absolute atomic E-state index is 14.0. The molecule has 0 fully saturated rings. The van der Waals surface area contributed by atoms with Crippen LogP contribution < -0.4 is 10.6 Å². The summed E-state index contributed by atoms with van der Waals surface area (Å²) >= 11 is 0. The molecule has 0 bridgehead atoms. The first-order chi connectivity index (χ1) is 19.4. The molecule has 0 saturated heterocycles. The summed E-state index contributed by atoms with van der Waals surface area (Å²) in [4.78, 5) is 30.6. The Hall–Kier alpha value is -2.88. The molecule has 3 N–H and O–H groups in total. The van der Waals surface area contributed by atoms with Crippen LogP contribution in [0.15, 0.2) is 36.4 Å². The molecule has 0 aliphatic heterocycles. The standard InChI is InChI=1S/C32H48F2N4O3/c1-8-11-38(12-9-2)32(41)25-14-21(4)13-24(18-25)31(40)36-28(17-23-15-26(33)19-27(34)16-23)30(39)20-35-22(5)29(10-3)37(6)7/h13-16,18-19,22,28-30,35,39H,8-12,17,20H2,1-7H3,(H,36,40)/t22?,28-,29?,30+/m0/s1. The van der Waals surface area contributed by atoms with Gasteiger partial charge in [-0.05, 0) is 95.1 Å². The highest BCUT2D eigenvalue weighted by Crippen LogP contribution is 2.16. The van der Waals surface area contributed by atoms with Crippen molar-refractivity contribution >= 4 is 11.8 Å². The second kappa shape index (κ2) is 16.5. The van der Waals surface area contributed by atoms with Gasteiger partial charge in [0.05, 0.1) is 12.1 Å². The number of likely N-dealkylation sites (N-methyl/N-ethyl adjacent to an activating group) is 1. The average molecular weight is 575 g/mol. The minimum atomic E-state index is -1.05. The van der Waals surface area contributed by atoms with Crippen LogP contribution in [0.3, 0.4) is 0 Å². The van der Waals surface area contributed by atoms with Gasteiger partial charge in [0.2, 0.25) is 0 Å². The highest BCUT2D eigenvalue weighted by Gasteiger charge is 2.26. The summed E-state index contributed by atoms with van der Waals surface area (Å²) in [6.07, 6.45) is 1.52. The van der Waals surface area contributed by atoms with E-state index in [-0.39, 0.29) is 36.5 Å². The third-order valence-corrected chi connectivity index (χ3v) is 7.33. The molecule has 9 heteroatoms. The van der Waals surface area contributed by atoms with Gasteiger partial charge in [-0.1, -0.05) is 20.8 Å². The molecule has 0 aromatic heterocycles. The maximum atomic E-state index is 14.0. The molecular weight excluding hydrogens is 526 g/mol. The van der Waals surface area contributed by atoms with Gasteiger partial charge in [0.15, 0.2) is 0 Å². The van der Waals surface area contributed by atoms with Gasteiger partial charge in [-0.3, -0.25) is 9.59 Å². The average Bonchev–Trinajstić information content (AvgIpc) is 2.90. The van der Waals surface area contributed by atoms with Gasteiger partial charge in [-0.2, -0.15) is 0 Å². The fraction of sp³-hybridized carbons (Fsp3) is 0.562. The number of halogens is 2. The van der Waals surface area contributed by atoms with Crippen LogP contribution in [0.1, 0.15) is 78.8 Å². The van der Waals surface area contributed by atoms with Gasteiger partial charge < -0.3 is 25.5 Å². The van der Waals surface area contributed by atoms with Crippen molar-refractivity contribution in [3.05, 3.63) is 70.3 Å². The molecule has 2 unspecified atom stereocenters. The SMILES string of the molecule is CCCN(CCC)C(=O)c1cc(C)cc(C(=O)N[C@@H](Cc2cc(F)cc(F)c2)[C@H](O)CNC(C)C(CC)N(C)C)c1. The van der Waals surface area contributed by atoms with Gasteiger partial charge in [-0.25, -0.2) is 8.78 Å². The van der Waals surface area contributed by atoms with E-state index in [2.05, 4.69) is 22.5 Å². The Morgan fingerprint density at radius 3 is 2.05 bits per heavy atom. The second-order valence-electron chi connectivity index (χ2n) is 11.1. The number of carbonyl (C=O) groups is 2. The Morgan fingerprint density at radius 2 is 1.51 bits per heavy atom. The van der Waals surface area contributed by atoms with Crippen molar-refractivity contribution in [1.82, 2.24) is 20.4 Å². The Morgan fingerprint density at radius 1 is 0.927 bits per heavy atom. The van der Waals surface area contributed by atoms with Gasteiger partial charge >= 0.3 is 0 Å². The highest BCUT2D eigenvalue weighted by atomic mass is 19.1. The van der Waals surface area contributed by atoms with Gasteiger partial charge in [0.1, 0.15) is 11.6 Å². The van der Waals surface area contributed by atoms with Crippen LogP contribution in [-0.4, -0.2) is 84.7 Å². The largest absolute Gasteiger partial charge is 0.390 e. The van der Waals surface area contributed by atoms with E-state index < -0.39 is 29.7 Å². The number of aliphatic hydroxyl groups excluding tert-OH is 1. The molecule has 2 rings (SSSR count). The van der Waals surface area contributed by atoms with Gasteiger partial charge in [-0.15, -0.1) is 0 Å². The van der Waals surface area contributed by atoms with Crippen LogP contribution in [0.4, 0.5) is 8.78 Å². The molecule has 0 aliphatic carbocycles. The lowest BCUT2D eigenvalue weighted by Crippen LogP contribution is -2.52. The molecule has 2 aromatic rings. The Kier molecular flexibility index (Phi) is 13.8. The van der Waals surface area contributed by atoms with Crippen LogP contribution in [0.5, 0.6) is 0 Å². The van der Waals surface area contributed by atoms with E-state index in [1.807, 2.05) is 41.8 Å². The van der Waals surface area contributed by atoms with E-state index >= 15 is 0 Å². The van der Waals surface area contributed by atoms with Crippen LogP contribution >= 0.6 is 0 Å². The zero-order chi connectivity index (χ0) is 30.7. The molecule has 0 heterocycles. The van der Waals surface area contributed by atoms with Crippen LogP contribution in [0.25, 0.3) is 0 Å². The van der Waals surface area contributed by atoms with E-state index in [0.717, 1.165) is 30.9 Å². The molecule has 0 radical (unpaired) electrons. The lowest BCUT2D eigenvalue weighted by Gasteiger charge is -2.32. The minimum Gasteiger partial charge on any atom is -0.390 e. The van der Waals surface area contributed by atoms with Crippen molar-refractivity contribution in [2.45, 2.75) is 84.5 Å². The molecule has 0 aliphatic rings. The first-order valence-corrected chi connectivity index (χ1v) is 14.6. The molecule has 41 heavy (non-hydrogen) atoms. The summed E-state index contributed by atoms with van der Waals surface area (Å²) in [5.41, 5.74) is 1.77. The summed E-state index contributed by atoms with van der Waals surface area (Å²) in [6.45, 7) is 11.4. The predicted octanol–water partition coefficient (Wildman–Crippen LogP) is 4.56. The molecule has 2 aromatic carbocycles. The van der Waals surface area contributed by atoms with Crippen molar-refractivity contribution < 1.29 is 23.5 Å². The van der Waals surface area contributed by atoms with Crippen LogP contribution in [0.2, 0.25) is 0 Å². The number of carbonyl (C=O) groups excluding carboxylic acids is 2. The Bertz CT molecular complexity index is 1120. The summed E-state index contributed by atoms with van der Waals surface area (Å²) in [5.74, 6) is -2.07. The quantitative estimate of drug-likeness (QED) is 0.274. The number of hydrogen-bond donors (Lipinski definition) is 3. The minimum absolute atomic E-state index is 0.0148. The zero-order valence-corrected chi connectivity index (χ0v) is 25.6.